The molecule has 1 atom stereocenters. The molecule has 0 heterocycles. The van der Waals surface area contributed by atoms with E-state index in [9.17, 15) is 22.0 Å². The van der Waals surface area contributed by atoms with Crippen molar-refractivity contribution in [1.29, 1.82) is 0 Å². The average molecular weight is 417 g/mol. The Kier molecular flexibility index (Phi) is 7.17. The van der Waals surface area contributed by atoms with E-state index in [1.807, 2.05) is 6.92 Å². The molecule has 0 saturated carbocycles. The number of halogens is 2. The summed E-state index contributed by atoms with van der Waals surface area (Å²) in [4.78, 5) is 11.0. The van der Waals surface area contributed by atoms with Gasteiger partial charge in [0.1, 0.15) is 0 Å². The van der Waals surface area contributed by atoms with Crippen LogP contribution in [0.15, 0.2) is 52.3 Å². The van der Waals surface area contributed by atoms with E-state index in [0.29, 0.717) is 10.6 Å². The molecule has 0 fully saturated rings. The van der Waals surface area contributed by atoms with Gasteiger partial charge in [-0.05, 0) is 37.3 Å². The van der Waals surface area contributed by atoms with Crippen LogP contribution < -0.4 is 9.46 Å². The highest BCUT2D eigenvalue weighted by molar-refractivity contribution is 7.99. The van der Waals surface area contributed by atoms with E-state index in [1.165, 1.54) is 30.0 Å². The molecule has 2 N–H and O–H groups in total. The third-order valence-corrected chi connectivity index (χ3v) is 5.79. The number of hydrogen-bond acceptors (Lipinski definition) is 5. The van der Waals surface area contributed by atoms with Crippen molar-refractivity contribution in [3.05, 3.63) is 53.8 Å². The van der Waals surface area contributed by atoms with Crippen LogP contribution in [0.3, 0.4) is 0 Å². The van der Waals surface area contributed by atoms with Crippen LogP contribution in [0.1, 0.15) is 5.56 Å². The predicted molar refractivity (Wildman–Crippen MR) is 96.7 cm³/mol. The molecule has 2 rings (SSSR count). The Morgan fingerprint density at radius 2 is 1.93 bits per heavy atom. The summed E-state index contributed by atoms with van der Waals surface area (Å²) in [6, 6.07) is 10.0. The number of ether oxygens (including phenoxy) is 1. The van der Waals surface area contributed by atoms with Crippen molar-refractivity contribution >= 4 is 27.8 Å². The van der Waals surface area contributed by atoms with Gasteiger partial charge in [0.25, 0.3) is 0 Å². The number of benzene rings is 2. The molecule has 2 aromatic carbocycles. The Morgan fingerprint density at radius 1 is 1.26 bits per heavy atom. The maximum Gasteiger partial charge on any atom is 0.378 e. The van der Waals surface area contributed by atoms with Crippen LogP contribution in [0.2, 0.25) is 0 Å². The Hall–Kier alpha value is -2.17. The van der Waals surface area contributed by atoms with Crippen LogP contribution >= 0.6 is 11.8 Å². The topological polar surface area (TPSA) is 92.7 Å². The second kappa shape index (κ2) is 9.16. The molecule has 2 aromatic rings. The van der Waals surface area contributed by atoms with Crippen LogP contribution in [0, 0.1) is 12.7 Å². The van der Waals surface area contributed by atoms with Crippen molar-refractivity contribution in [3.8, 4) is 5.75 Å². The van der Waals surface area contributed by atoms with Crippen LogP contribution in [-0.4, -0.2) is 38.1 Å². The summed E-state index contributed by atoms with van der Waals surface area (Å²) in [5.74, 6) is -2.96. The zero-order valence-electron chi connectivity index (χ0n) is 14.2. The Balaban J connectivity index is 1.87. The van der Waals surface area contributed by atoms with Gasteiger partial charge in [0, 0.05) is 17.2 Å². The van der Waals surface area contributed by atoms with E-state index in [4.69, 9.17) is 5.11 Å². The molecule has 6 nitrogen and oxygen atoms in total. The van der Waals surface area contributed by atoms with Gasteiger partial charge in [0.2, 0.25) is 10.0 Å². The first-order valence-electron chi connectivity index (χ1n) is 7.71. The number of hydrogen-bond donors (Lipinski definition) is 2. The fraction of sp³-hybridized carbons (Fsp3) is 0.235. The van der Waals surface area contributed by atoms with E-state index >= 15 is 0 Å². The average Bonchev–Trinajstić information content (AvgIpc) is 2.61. The minimum atomic E-state index is -3.62. The third kappa shape index (κ3) is 6.19. The molecular weight excluding hydrogens is 400 g/mol. The van der Waals surface area contributed by atoms with Crippen molar-refractivity contribution in [2.45, 2.75) is 23.1 Å². The van der Waals surface area contributed by atoms with Crippen LogP contribution in [0.4, 0.5) is 8.78 Å². The molecule has 10 heteroatoms. The van der Waals surface area contributed by atoms with Crippen LogP contribution in [0.25, 0.3) is 0 Å². The van der Waals surface area contributed by atoms with Gasteiger partial charge in [0.05, 0.1) is 4.90 Å². The standard InChI is InChI=1S/C17H17F2NO5S2/c1-11-2-5-13(6-3-11)27(23,24)20-8-9-26-12-4-7-15(14(18)10-12)25-16(19)17(21)22/h2-7,10,16,20H,8-9H2,1H3,(H,21,22). The molecule has 0 amide bonds. The van der Waals surface area contributed by atoms with Gasteiger partial charge in [-0.3, -0.25) is 0 Å². The summed E-state index contributed by atoms with van der Waals surface area (Å²) in [6.45, 7) is 1.97. The summed E-state index contributed by atoms with van der Waals surface area (Å²) >= 11 is 1.17. The quantitative estimate of drug-likeness (QED) is 0.481. The highest BCUT2D eigenvalue weighted by Crippen LogP contribution is 2.25. The smallest absolute Gasteiger partial charge is 0.378 e. The fourth-order valence-corrected chi connectivity index (χ4v) is 3.93. The van der Waals surface area contributed by atoms with Gasteiger partial charge in [-0.25, -0.2) is 22.3 Å². The van der Waals surface area contributed by atoms with E-state index in [1.54, 1.807) is 12.1 Å². The summed E-state index contributed by atoms with van der Waals surface area (Å²) in [5, 5.41) is 8.41. The number of sulfonamides is 1. The number of rotatable bonds is 9. The maximum absolute atomic E-state index is 13.8. The number of carboxylic acids is 1. The highest BCUT2D eigenvalue weighted by atomic mass is 32.2. The molecule has 0 aliphatic carbocycles. The summed E-state index contributed by atoms with van der Waals surface area (Å²) in [6.07, 6.45) is -2.66. The molecule has 0 aliphatic rings. The lowest BCUT2D eigenvalue weighted by Crippen LogP contribution is -2.26. The fourth-order valence-electron chi connectivity index (χ4n) is 1.97. The highest BCUT2D eigenvalue weighted by Gasteiger charge is 2.19. The third-order valence-electron chi connectivity index (χ3n) is 3.32. The summed E-state index contributed by atoms with van der Waals surface area (Å²) in [5.41, 5.74) is 0.946. The first-order valence-corrected chi connectivity index (χ1v) is 10.2. The van der Waals surface area contributed by atoms with Gasteiger partial charge in [-0.1, -0.05) is 17.7 Å². The zero-order valence-corrected chi connectivity index (χ0v) is 15.8. The molecule has 1 unspecified atom stereocenters. The van der Waals surface area contributed by atoms with Gasteiger partial charge < -0.3 is 9.84 Å². The van der Waals surface area contributed by atoms with Gasteiger partial charge in [-0.2, -0.15) is 4.39 Å². The lowest BCUT2D eigenvalue weighted by molar-refractivity contribution is -0.153. The van der Waals surface area contributed by atoms with Crippen LogP contribution in [0.5, 0.6) is 5.75 Å². The minimum Gasteiger partial charge on any atom is -0.476 e. The Bertz CT molecular complexity index is 904. The van der Waals surface area contributed by atoms with Gasteiger partial charge >= 0.3 is 12.3 Å². The molecule has 0 radical (unpaired) electrons. The largest absolute Gasteiger partial charge is 0.476 e. The predicted octanol–water partition coefficient (Wildman–Crippen LogP) is 2.96. The number of nitrogens with one attached hydrogen (secondary N) is 1. The zero-order chi connectivity index (χ0) is 20.0. The van der Waals surface area contributed by atoms with Crippen LogP contribution in [-0.2, 0) is 14.8 Å². The lowest BCUT2D eigenvalue weighted by Gasteiger charge is -2.10. The minimum absolute atomic E-state index is 0.117. The Morgan fingerprint density at radius 3 is 2.52 bits per heavy atom. The molecule has 0 saturated heterocycles. The SMILES string of the molecule is Cc1ccc(S(=O)(=O)NCCSc2ccc(OC(F)C(=O)O)c(F)c2)cc1. The molecule has 0 bridgehead atoms. The number of aryl methyl sites for hydroxylation is 1. The monoisotopic (exact) mass is 417 g/mol. The van der Waals surface area contributed by atoms with Crippen molar-refractivity contribution in [2.24, 2.45) is 0 Å². The summed E-state index contributed by atoms with van der Waals surface area (Å²) in [7, 11) is -3.62. The van der Waals surface area contributed by atoms with Gasteiger partial charge in [0.15, 0.2) is 11.6 Å². The number of thioether (sulfide) groups is 1. The van der Waals surface area contributed by atoms with E-state index in [-0.39, 0.29) is 11.4 Å². The number of carboxylic acid groups (broad SMARTS) is 1. The van der Waals surface area contributed by atoms with E-state index in [2.05, 4.69) is 9.46 Å². The normalized spacial score (nSPS) is 12.6. The molecule has 0 spiro atoms. The molecule has 27 heavy (non-hydrogen) atoms. The van der Waals surface area contributed by atoms with Crippen molar-refractivity contribution in [1.82, 2.24) is 4.72 Å². The van der Waals surface area contributed by atoms with E-state index in [0.717, 1.165) is 17.7 Å². The Labute approximate surface area is 159 Å². The van der Waals surface area contributed by atoms with E-state index < -0.39 is 33.9 Å². The number of carbonyl (C=O) groups is 1. The molecule has 146 valence electrons. The number of alkyl halides is 1. The van der Waals surface area contributed by atoms with Crippen molar-refractivity contribution in [3.63, 3.8) is 0 Å². The van der Waals surface area contributed by atoms with Gasteiger partial charge in [-0.15, -0.1) is 11.8 Å². The van der Waals surface area contributed by atoms with Crippen molar-refractivity contribution in [2.75, 3.05) is 12.3 Å². The first-order chi connectivity index (χ1) is 12.7. The summed E-state index contributed by atoms with van der Waals surface area (Å²) < 4.78 is 57.8. The lowest BCUT2D eigenvalue weighted by atomic mass is 10.2. The molecule has 0 aliphatic heterocycles. The first kappa shape index (κ1) is 21.1. The molecular formula is C17H17F2NO5S2. The molecule has 0 aromatic heterocycles. The maximum atomic E-state index is 13.8. The number of aliphatic carboxylic acids is 1. The second-order valence-corrected chi connectivity index (χ2v) is 8.36. The van der Waals surface area contributed by atoms with Crippen molar-refractivity contribution < 1.29 is 31.8 Å². The second-order valence-electron chi connectivity index (χ2n) is 5.42.